The number of aromatic amines is 1. The highest BCUT2D eigenvalue weighted by Gasteiger charge is 2.13. The van der Waals surface area contributed by atoms with Gasteiger partial charge in [-0.05, 0) is 0 Å². The molecule has 2 heterocycles. The molecule has 0 radical (unpaired) electrons. The zero-order valence-electron chi connectivity index (χ0n) is 6.99. The summed E-state index contributed by atoms with van der Waals surface area (Å²) in [6.07, 6.45) is 0. The Kier molecular flexibility index (Phi) is 1.78. The number of aromatic nitrogens is 3. The first-order valence-corrected chi connectivity index (χ1v) is 3.71. The third-order valence-electron chi connectivity index (χ3n) is 1.77. The standard InChI is InChI=1S/C7H3F2N3O3/c8-3-1-2-4(5(9)11-3)12(15)7(14)6(13)10-2/h1,15H,(H,10,13). The summed E-state index contributed by atoms with van der Waals surface area (Å²) in [7, 11) is 0. The second-order valence-corrected chi connectivity index (χ2v) is 2.70. The van der Waals surface area contributed by atoms with Crippen molar-refractivity contribution in [3.63, 3.8) is 0 Å². The molecule has 2 N–H and O–H groups in total. The first kappa shape index (κ1) is 9.31. The molecule has 78 valence electrons. The Hall–Kier alpha value is -2.25. The Bertz CT molecular complexity index is 661. The van der Waals surface area contributed by atoms with E-state index in [2.05, 4.69) is 4.98 Å². The van der Waals surface area contributed by atoms with E-state index in [1.54, 1.807) is 0 Å². The molecule has 0 bridgehead atoms. The van der Waals surface area contributed by atoms with Crippen LogP contribution in [0.4, 0.5) is 8.78 Å². The van der Waals surface area contributed by atoms with Crippen LogP contribution < -0.4 is 11.1 Å². The first-order valence-electron chi connectivity index (χ1n) is 3.71. The third-order valence-corrected chi connectivity index (χ3v) is 1.77. The van der Waals surface area contributed by atoms with Crippen LogP contribution in [0.5, 0.6) is 0 Å². The number of H-pyrrole nitrogens is 1. The van der Waals surface area contributed by atoms with Crippen molar-refractivity contribution in [3.8, 4) is 0 Å². The molecule has 2 aromatic rings. The van der Waals surface area contributed by atoms with Gasteiger partial charge < -0.3 is 10.2 Å². The van der Waals surface area contributed by atoms with E-state index in [9.17, 15) is 18.4 Å². The number of halogens is 2. The fraction of sp³-hybridized carbons (Fsp3) is 0. The number of pyridine rings is 1. The smallest absolute Gasteiger partial charge is 0.349 e. The van der Waals surface area contributed by atoms with Gasteiger partial charge in [-0.15, -0.1) is 4.73 Å². The average molecular weight is 215 g/mol. The van der Waals surface area contributed by atoms with Crippen LogP contribution in [0.2, 0.25) is 0 Å². The molecule has 0 spiro atoms. The van der Waals surface area contributed by atoms with Gasteiger partial charge in [-0.2, -0.15) is 13.8 Å². The summed E-state index contributed by atoms with van der Waals surface area (Å²) in [6, 6.07) is 0.686. The number of fused-ring (bicyclic) bond motifs is 1. The number of rotatable bonds is 0. The monoisotopic (exact) mass is 215 g/mol. The van der Waals surface area contributed by atoms with Crippen LogP contribution in [0, 0.1) is 11.9 Å². The molecule has 0 amide bonds. The second-order valence-electron chi connectivity index (χ2n) is 2.70. The Morgan fingerprint density at radius 1 is 1.40 bits per heavy atom. The van der Waals surface area contributed by atoms with Crippen LogP contribution in [0.25, 0.3) is 11.0 Å². The molecule has 0 aliphatic rings. The number of hydrogen-bond acceptors (Lipinski definition) is 4. The lowest BCUT2D eigenvalue weighted by molar-refractivity contribution is 0.184. The van der Waals surface area contributed by atoms with Crippen molar-refractivity contribution in [2.24, 2.45) is 0 Å². The lowest BCUT2D eigenvalue weighted by Crippen LogP contribution is -2.35. The van der Waals surface area contributed by atoms with Crippen LogP contribution in [-0.4, -0.2) is 19.9 Å². The molecule has 2 aromatic heterocycles. The number of hydrogen-bond donors (Lipinski definition) is 2. The van der Waals surface area contributed by atoms with Crippen molar-refractivity contribution in [2.75, 3.05) is 0 Å². The maximum absolute atomic E-state index is 13.0. The minimum Gasteiger partial charge on any atom is -0.424 e. The van der Waals surface area contributed by atoms with Crippen LogP contribution >= 0.6 is 0 Å². The highest BCUT2D eigenvalue weighted by Crippen LogP contribution is 2.10. The van der Waals surface area contributed by atoms with E-state index in [1.807, 2.05) is 4.98 Å². The minimum absolute atomic E-state index is 0.212. The van der Waals surface area contributed by atoms with Gasteiger partial charge >= 0.3 is 11.1 Å². The van der Waals surface area contributed by atoms with Gasteiger partial charge in [0.15, 0.2) is 5.52 Å². The van der Waals surface area contributed by atoms with Gasteiger partial charge in [0.1, 0.15) is 0 Å². The summed E-state index contributed by atoms with van der Waals surface area (Å²) < 4.78 is 25.4. The maximum atomic E-state index is 13.0. The summed E-state index contributed by atoms with van der Waals surface area (Å²) >= 11 is 0. The highest BCUT2D eigenvalue weighted by atomic mass is 19.1. The summed E-state index contributed by atoms with van der Waals surface area (Å²) in [6.45, 7) is 0. The van der Waals surface area contributed by atoms with Gasteiger partial charge in [-0.3, -0.25) is 9.59 Å². The molecule has 0 aliphatic carbocycles. The predicted molar refractivity (Wildman–Crippen MR) is 43.7 cm³/mol. The summed E-state index contributed by atoms with van der Waals surface area (Å²) in [5, 5.41) is 9.09. The van der Waals surface area contributed by atoms with Crippen molar-refractivity contribution in [2.45, 2.75) is 0 Å². The summed E-state index contributed by atoms with van der Waals surface area (Å²) in [5.74, 6) is -2.56. The maximum Gasteiger partial charge on any atom is 0.349 e. The average Bonchev–Trinajstić information content (AvgIpc) is 2.13. The zero-order valence-corrected chi connectivity index (χ0v) is 6.99. The highest BCUT2D eigenvalue weighted by molar-refractivity contribution is 5.73. The molecular formula is C7H3F2N3O3. The molecule has 0 atom stereocenters. The van der Waals surface area contributed by atoms with Gasteiger partial charge in [-0.1, -0.05) is 0 Å². The van der Waals surface area contributed by atoms with Crippen molar-refractivity contribution in [1.82, 2.24) is 14.7 Å². The Balaban J connectivity index is 3.13. The van der Waals surface area contributed by atoms with E-state index < -0.39 is 28.5 Å². The molecule has 0 saturated heterocycles. The normalized spacial score (nSPS) is 10.8. The van der Waals surface area contributed by atoms with Crippen LogP contribution in [0.15, 0.2) is 15.7 Å². The van der Waals surface area contributed by atoms with Crippen molar-refractivity contribution < 1.29 is 14.0 Å². The van der Waals surface area contributed by atoms with Crippen molar-refractivity contribution in [1.29, 1.82) is 0 Å². The van der Waals surface area contributed by atoms with E-state index in [0.717, 1.165) is 0 Å². The largest absolute Gasteiger partial charge is 0.424 e. The predicted octanol–water partition coefficient (Wildman–Crippen LogP) is -0.400. The lowest BCUT2D eigenvalue weighted by atomic mass is 10.4. The Morgan fingerprint density at radius 3 is 2.73 bits per heavy atom. The van der Waals surface area contributed by atoms with Gasteiger partial charge in [0, 0.05) is 6.07 Å². The van der Waals surface area contributed by atoms with Gasteiger partial charge in [0.2, 0.25) is 11.9 Å². The molecule has 0 unspecified atom stereocenters. The second kappa shape index (κ2) is 2.87. The van der Waals surface area contributed by atoms with E-state index >= 15 is 0 Å². The molecule has 6 nitrogen and oxygen atoms in total. The third kappa shape index (κ3) is 1.26. The van der Waals surface area contributed by atoms with Gasteiger partial charge in [-0.25, -0.2) is 0 Å². The molecule has 0 aliphatic heterocycles. The topological polar surface area (TPSA) is 88.0 Å². The van der Waals surface area contributed by atoms with E-state index in [-0.39, 0.29) is 10.2 Å². The Labute approximate surface area is 79.4 Å². The summed E-state index contributed by atoms with van der Waals surface area (Å²) in [5.41, 5.74) is -3.59. The SMILES string of the molecule is O=c1[nH]c2cc(F)nc(F)c2n(O)c1=O. The van der Waals surface area contributed by atoms with Crippen LogP contribution in [0.3, 0.4) is 0 Å². The Morgan fingerprint density at radius 2 is 2.07 bits per heavy atom. The number of nitrogens with one attached hydrogen (secondary N) is 1. The molecule has 2 rings (SSSR count). The molecule has 8 heteroatoms. The minimum atomic E-state index is -1.39. The number of nitrogens with zero attached hydrogens (tertiary/aromatic N) is 2. The molecule has 0 fully saturated rings. The fourth-order valence-electron chi connectivity index (χ4n) is 1.15. The summed E-state index contributed by atoms with van der Waals surface area (Å²) in [4.78, 5) is 26.4. The molecule has 0 aromatic carbocycles. The van der Waals surface area contributed by atoms with Crippen molar-refractivity contribution >= 4 is 11.0 Å². The zero-order chi connectivity index (χ0) is 11.2. The molecular weight excluding hydrogens is 212 g/mol. The van der Waals surface area contributed by atoms with E-state index in [4.69, 9.17) is 5.21 Å². The molecule has 0 saturated carbocycles. The van der Waals surface area contributed by atoms with Gasteiger partial charge in [0.25, 0.3) is 0 Å². The van der Waals surface area contributed by atoms with E-state index in [0.29, 0.717) is 6.07 Å². The first-order chi connectivity index (χ1) is 7.00. The van der Waals surface area contributed by atoms with Crippen molar-refractivity contribution in [3.05, 3.63) is 38.7 Å². The van der Waals surface area contributed by atoms with E-state index in [1.165, 1.54) is 0 Å². The molecule has 15 heavy (non-hydrogen) atoms. The quantitative estimate of drug-likeness (QED) is 0.355. The lowest BCUT2D eigenvalue weighted by Gasteiger charge is -2.02. The fourth-order valence-corrected chi connectivity index (χ4v) is 1.15. The van der Waals surface area contributed by atoms with Crippen LogP contribution in [-0.2, 0) is 0 Å². The van der Waals surface area contributed by atoms with Gasteiger partial charge in [0.05, 0.1) is 5.52 Å². The van der Waals surface area contributed by atoms with Crippen LogP contribution in [0.1, 0.15) is 0 Å².